The van der Waals surface area contributed by atoms with Crippen LogP contribution in [0, 0.1) is 21.8 Å². The average Bonchev–Trinajstić information content (AvgIpc) is 3.52. The molecule has 3 aromatic carbocycles. The molecule has 3 aliphatic rings. The number of ketones is 1. The van der Waals surface area contributed by atoms with Gasteiger partial charge in [0.2, 0.25) is 5.91 Å². The van der Waals surface area contributed by atoms with Crippen molar-refractivity contribution in [2.45, 2.75) is 17.5 Å². The van der Waals surface area contributed by atoms with Crippen molar-refractivity contribution in [3.8, 4) is 0 Å². The molecule has 3 heterocycles. The number of amides is 1. The summed E-state index contributed by atoms with van der Waals surface area (Å²) in [5.41, 5.74) is 0.995. The number of hydrogen-bond acceptors (Lipinski definition) is 6. The van der Waals surface area contributed by atoms with E-state index in [4.69, 9.17) is 0 Å². The number of Topliss-reactive ketones (excluding diaryl/α,β-unsaturated/α-hetero) is 1. The summed E-state index contributed by atoms with van der Waals surface area (Å²) in [5, 5.41) is 14.5. The predicted molar refractivity (Wildman–Crippen MR) is 130 cm³/mol. The van der Waals surface area contributed by atoms with Crippen LogP contribution in [0.1, 0.15) is 27.4 Å². The van der Waals surface area contributed by atoms with E-state index in [1.165, 1.54) is 36.4 Å². The Hall–Kier alpha value is -3.56. The van der Waals surface area contributed by atoms with Crippen molar-refractivity contribution in [1.82, 2.24) is 4.90 Å². The van der Waals surface area contributed by atoms with Gasteiger partial charge in [-0.15, -0.1) is 11.8 Å². The summed E-state index contributed by atoms with van der Waals surface area (Å²) in [4.78, 5) is 41.3. The predicted octanol–water partition coefficient (Wildman–Crippen LogP) is 4.55. The van der Waals surface area contributed by atoms with Crippen molar-refractivity contribution in [2.24, 2.45) is 5.92 Å². The molecule has 0 aromatic heterocycles. The molecule has 0 radical (unpaired) electrons. The number of para-hydroxylation sites is 1. The first kappa shape index (κ1) is 21.9. The molecule has 3 aromatic rings. The molecule has 2 saturated heterocycles. The lowest BCUT2D eigenvalue weighted by Crippen LogP contribution is -2.52. The highest BCUT2D eigenvalue weighted by Crippen LogP contribution is 2.61. The fourth-order valence-corrected chi connectivity index (χ4v) is 7.37. The topological polar surface area (TPSA) is 92.5 Å². The minimum atomic E-state index is -1.27. The van der Waals surface area contributed by atoms with E-state index in [0.717, 1.165) is 5.56 Å². The van der Waals surface area contributed by atoms with Crippen molar-refractivity contribution < 1.29 is 18.9 Å². The third-order valence-electron chi connectivity index (χ3n) is 7.41. The molecule has 0 aliphatic carbocycles. The molecule has 0 saturated carbocycles. The molecule has 2 fully saturated rings. The second kappa shape index (κ2) is 8.00. The highest BCUT2D eigenvalue weighted by Gasteiger charge is 2.69. The summed E-state index contributed by atoms with van der Waals surface area (Å²) in [7, 11) is 0. The first-order valence-electron chi connectivity index (χ1n) is 11.2. The van der Waals surface area contributed by atoms with Gasteiger partial charge in [0.05, 0.1) is 10.8 Å². The van der Waals surface area contributed by atoms with Crippen molar-refractivity contribution >= 4 is 34.8 Å². The lowest BCUT2D eigenvalue weighted by molar-refractivity contribution is -0.384. The van der Waals surface area contributed by atoms with Gasteiger partial charge in [-0.25, -0.2) is 4.39 Å². The molecule has 0 bridgehead atoms. The molecule has 3 aliphatic heterocycles. The van der Waals surface area contributed by atoms with E-state index in [1.54, 1.807) is 23.9 Å². The quantitative estimate of drug-likeness (QED) is 0.328. The van der Waals surface area contributed by atoms with Crippen molar-refractivity contribution in [3.05, 3.63) is 105 Å². The molecule has 7 nitrogen and oxygen atoms in total. The van der Waals surface area contributed by atoms with Gasteiger partial charge in [-0.1, -0.05) is 30.3 Å². The van der Waals surface area contributed by atoms with E-state index in [9.17, 15) is 24.1 Å². The van der Waals surface area contributed by atoms with E-state index in [-0.39, 0.29) is 23.4 Å². The third-order valence-corrected chi connectivity index (χ3v) is 8.44. The summed E-state index contributed by atoms with van der Waals surface area (Å²) >= 11 is 1.68. The number of rotatable bonds is 4. The average molecular weight is 490 g/mol. The number of carbonyl (C=O) groups excluding carboxylic acids is 2. The summed E-state index contributed by atoms with van der Waals surface area (Å²) in [6.45, 7) is 0. The summed E-state index contributed by atoms with van der Waals surface area (Å²) in [6.07, 6.45) is 0. The number of thioether (sulfide) groups is 1. The number of nitro groups is 1. The second-order valence-corrected chi connectivity index (χ2v) is 10.0. The number of hydrogen-bond donors (Lipinski definition) is 1. The highest BCUT2D eigenvalue weighted by molar-refractivity contribution is 7.99. The van der Waals surface area contributed by atoms with Crippen LogP contribution in [0.5, 0.6) is 0 Å². The molecule has 35 heavy (non-hydrogen) atoms. The number of carbonyl (C=O) groups is 2. The molecule has 1 amide bonds. The smallest absolute Gasteiger partial charge is 0.269 e. The van der Waals surface area contributed by atoms with Crippen LogP contribution in [0.2, 0.25) is 0 Å². The van der Waals surface area contributed by atoms with E-state index in [0.29, 0.717) is 28.4 Å². The fraction of sp³-hybridized carbons (Fsp3) is 0.231. The van der Waals surface area contributed by atoms with Crippen LogP contribution in [0.3, 0.4) is 0 Å². The minimum Gasteiger partial charge on any atom is -0.324 e. The van der Waals surface area contributed by atoms with Gasteiger partial charge < -0.3 is 5.32 Å². The van der Waals surface area contributed by atoms with E-state index < -0.39 is 28.1 Å². The van der Waals surface area contributed by atoms with Gasteiger partial charge in [0.15, 0.2) is 5.78 Å². The van der Waals surface area contributed by atoms with Gasteiger partial charge in [-0.3, -0.25) is 24.6 Å². The Morgan fingerprint density at radius 2 is 1.89 bits per heavy atom. The van der Waals surface area contributed by atoms with Gasteiger partial charge in [0.25, 0.3) is 5.69 Å². The SMILES string of the molecule is O=C(c1ccc(F)cc1)[C@@H]1[C@H](c2cccc([N+](=O)[O-])c2)[C@H]2CSCN2[C@]12C(=O)Nc1ccccc12. The van der Waals surface area contributed by atoms with Crippen LogP contribution in [-0.2, 0) is 10.3 Å². The monoisotopic (exact) mass is 489 g/mol. The number of nitro benzene ring substituents is 1. The van der Waals surface area contributed by atoms with Gasteiger partial charge >= 0.3 is 0 Å². The van der Waals surface area contributed by atoms with Gasteiger partial charge in [0.1, 0.15) is 11.4 Å². The standard InChI is InChI=1S/C26H20FN3O4S/c27-17-10-8-15(9-11-17)24(31)23-22(16-4-3-5-18(12-16)30(33)34)21-13-35-14-29(21)26(23)19-6-1-2-7-20(19)28-25(26)32/h1-12,21-23H,13-14H2,(H,28,32)/t21-,22-,23+,26+/m1/s1. The highest BCUT2D eigenvalue weighted by atomic mass is 32.2. The normalized spacial score (nSPS) is 27.0. The Balaban J connectivity index is 1.61. The zero-order chi connectivity index (χ0) is 24.3. The zero-order valence-electron chi connectivity index (χ0n) is 18.4. The fourth-order valence-electron chi connectivity index (χ4n) is 6.04. The molecular formula is C26H20FN3O4S. The molecule has 1 N–H and O–H groups in total. The zero-order valence-corrected chi connectivity index (χ0v) is 19.2. The Morgan fingerprint density at radius 3 is 2.66 bits per heavy atom. The summed E-state index contributed by atoms with van der Waals surface area (Å²) < 4.78 is 13.7. The van der Waals surface area contributed by atoms with E-state index in [1.807, 2.05) is 24.3 Å². The molecule has 1 spiro atoms. The number of anilines is 1. The lowest BCUT2D eigenvalue weighted by atomic mass is 9.69. The second-order valence-electron chi connectivity index (χ2n) is 9.03. The Kier molecular flexibility index (Phi) is 5.01. The first-order valence-corrected chi connectivity index (χ1v) is 12.4. The minimum absolute atomic E-state index is 0.0649. The Morgan fingerprint density at radius 1 is 1.11 bits per heavy atom. The van der Waals surface area contributed by atoms with Crippen LogP contribution < -0.4 is 5.32 Å². The van der Waals surface area contributed by atoms with Crippen molar-refractivity contribution in [3.63, 3.8) is 0 Å². The number of nitrogens with zero attached hydrogens (tertiary/aromatic N) is 2. The molecular weight excluding hydrogens is 469 g/mol. The van der Waals surface area contributed by atoms with Crippen LogP contribution in [-0.4, -0.2) is 39.2 Å². The maximum Gasteiger partial charge on any atom is 0.269 e. The Labute approximate surface area is 204 Å². The summed E-state index contributed by atoms with van der Waals surface area (Å²) in [6, 6.07) is 18.9. The summed E-state index contributed by atoms with van der Waals surface area (Å²) in [5.74, 6) is -1.13. The maximum atomic E-state index is 14.2. The van der Waals surface area contributed by atoms with Crippen molar-refractivity contribution in [2.75, 3.05) is 16.9 Å². The number of fused-ring (bicyclic) bond motifs is 4. The van der Waals surface area contributed by atoms with E-state index in [2.05, 4.69) is 10.2 Å². The van der Waals surface area contributed by atoms with Gasteiger partial charge in [-0.05, 0) is 35.9 Å². The first-order chi connectivity index (χ1) is 16.9. The van der Waals surface area contributed by atoms with Crippen LogP contribution in [0.15, 0.2) is 72.8 Å². The number of non-ortho nitro benzene ring substituents is 1. The Bertz CT molecular complexity index is 1380. The van der Waals surface area contributed by atoms with Crippen molar-refractivity contribution in [1.29, 1.82) is 0 Å². The largest absolute Gasteiger partial charge is 0.324 e. The van der Waals surface area contributed by atoms with Crippen LogP contribution in [0.4, 0.5) is 15.8 Å². The third kappa shape index (κ3) is 3.08. The molecule has 176 valence electrons. The maximum absolute atomic E-state index is 14.2. The van der Waals surface area contributed by atoms with Gasteiger partial charge in [0, 0.05) is 52.5 Å². The van der Waals surface area contributed by atoms with Crippen LogP contribution >= 0.6 is 11.8 Å². The van der Waals surface area contributed by atoms with Crippen LogP contribution in [0.25, 0.3) is 0 Å². The number of halogens is 1. The molecule has 4 atom stereocenters. The molecule has 6 rings (SSSR count). The number of nitrogens with one attached hydrogen (secondary N) is 1. The molecule has 0 unspecified atom stereocenters. The van der Waals surface area contributed by atoms with E-state index >= 15 is 0 Å². The number of benzene rings is 3. The molecule has 9 heteroatoms. The van der Waals surface area contributed by atoms with Gasteiger partial charge in [-0.2, -0.15) is 0 Å². The lowest BCUT2D eigenvalue weighted by Gasteiger charge is -2.36.